The van der Waals surface area contributed by atoms with Gasteiger partial charge in [0.25, 0.3) is 0 Å². The first-order valence-corrected chi connectivity index (χ1v) is 4.19. The topological polar surface area (TPSA) is 24.5 Å². The Morgan fingerprint density at radius 3 is 3.27 bits per heavy atom. The van der Waals surface area contributed by atoms with Crippen molar-refractivity contribution >= 4 is 0 Å². The lowest BCUT2D eigenvalue weighted by Gasteiger charge is -2.33. The van der Waals surface area contributed by atoms with Crippen molar-refractivity contribution in [3.05, 3.63) is 11.6 Å². The molecular formula is C8H14N2O. The fourth-order valence-corrected chi connectivity index (χ4v) is 1.64. The molecule has 2 rings (SSSR count). The van der Waals surface area contributed by atoms with Crippen molar-refractivity contribution in [2.75, 3.05) is 26.7 Å². The molecule has 11 heavy (non-hydrogen) atoms. The minimum Gasteiger partial charge on any atom is -0.492 e. The maximum atomic E-state index is 5.53. The molecule has 0 amide bonds. The van der Waals surface area contributed by atoms with E-state index in [1.165, 1.54) is 12.2 Å². The number of nitrogens with zero attached hydrogens (tertiary/aromatic N) is 1. The maximum absolute atomic E-state index is 5.53. The van der Waals surface area contributed by atoms with E-state index in [1.54, 1.807) is 0 Å². The van der Waals surface area contributed by atoms with Gasteiger partial charge >= 0.3 is 0 Å². The molecule has 0 radical (unpaired) electrons. The average Bonchev–Trinajstić information content (AvgIpc) is 2.06. The summed E-state index contributed by atoms with van der Waals surface area (Å²) in [6, 6.07) is 0. The van der Waals surface area contributed by atoms with Gasteiger partial charge in [-0.3, -0.25) is 0 Å². The fourth-order valence-electron chi connectivity index (χ4n) is 1.64. The van der Waals surface area contributed by atoms with Crippen LogP contribution in [0.15, 0.2) is 11.6 Å². The van der Waals surface area contributed by atoms with Crippen molar-refractivity contribution in [2.24, 2.45) is 0 Å². The molecule has 0 bridgehead atoms. The lowest BCUT2D eigenvalue weighted by molar-refractivity contribution is 0.141. The summed E-state index contributed by atoms with van der Waals surface area (Å²) in [7, 11) is 2.11. The monoisotopic (exact) mass is 154 g/mol. The molecule has 0 aromatic heterocycles. The third kappa shape index (κ3) is 1.15. The standard InChI is InChI=1S/C8H14N2O/c1-10-5-2-3-7-8(10)9-4-6-11-7/h9H,2-6H2,1H3. The van der Waals surface area contributed by atoms with Gasteiger partial charge in [0.05, 0.1) is 6.54 Å². The molecule has 2 aliphatic heterocycles. The molecule has 0 fully saturated rings. The second-order valence-electron chi connectivity index (χ2n) is 3.07. The van der Waals surface area contributed by atoms with Crippen molar-refractivity contribution in [1.29, 1.82) is 0 Å². The molecule has 2 heterocycles. The molecule has 0 unspecified atom stereocenters. The van der Waals surface area contributed by atoms with Gasteiger partial charge in [-0.2, -0.15) is 0 Å². The van der Waals surface area contributed by atoms with Crippen LogP contribution in [0.4, 0.5) is 0 Å². The smallest absolute Gasteiger partial charge is 0.140 e. The first-order chi connectivity index (χ1) is 5.38. The summed E-state index contributed by atoms with van der Waals surface area (Å²) in [4.78, 5) is 2.23. The summed E-state index contributed by atoms with van der Waals surface area (Å²) in [5.74, 6) is 2.37. The molecule has 0 saturated heterocycles. The Hall–Kier alpha value is -0.860. The molecule has 0 aliphatic carbocycles. The lowest BCUT2D eigenvalue weighted by Crippen LogP contribution is -2.39. The molecule has 1 N–H and O–H groups in total. The van der Waals surface area contributed by atoms with Crippen molar-refractivity contribution < 1.29 is 4.74 Å². The van der Waals surface area contributed by atoms with E-state index in [0.717, 1.165) is 31.9 Å². The third-order valence-corrected chi connectivity index (χ3v) is 2.21. The Morgan fingerprint density at radius 1 is 1.55 bits per heavy atom. The first kappa shape index (κ1) is 6.83. The normalized spacial score (nSPS) is 23.9. The number of rotatable bonds is 0. The van der Waals surface area contributed by atoms with Crippen LogP contribution in [0.25, 0.3) is 0 Å². The Labute approximate surface area is 67.0 Å². The summed E-state index contributed by atoms with van der Waals surface area (Å²) >= 11 is 0. The van der Waals surface area contributed by atoms with Crippen molar-refractivity contribution in [2.45, 2.75) is 12.8 Å². The van der Waals surface area contributed by atoms with E-state index in [2.05, 4.69) is 17.3 Å². The van der Waals surface area contributed by atoms with Gasteiger partial charge in [0.15, 0.2) is 0 Å². The van der Waals surface area contributed by atoms with Crippen LogP contribution >= 0.6 is 0 Å². The van der Waals surface area contributed by atoms with Crippen LogP contribution in [0.5, 0.6) is 0 Å². The minimum atomic E-state index is 0.826. The number of ether oxygens (including phenoxy) is 1. The van der Waals surface area contributed by atoms with E-state index in [0.29, 0.717) is 0 Å². The van der Waals surface area contributed by atoms with E-state index in [1.807, 2.05) is 0 Å². The third-order valence-electron chi connectivity index (χ3n) is 2.21. The molecular weight excluding hydrogens is 140 g/mol. The first-order valence-electron chi connectivity index (χ1n) is 4.19. The Balaban J connectivity index is 2.21. The van der Waals surface area contributed by atoms with Crippen molar-refractivity contribution in [1.82, 2.24) is 10.2 Å². The zero-order valence-electron chi connectivity index (χ0n) is 6.89. The molecule has 3 heteroatoms. The molecule has 0 aromatic carbocycles. The van der Waals surface area contributed by atoms with Gasteiger partial charge in [0.1, 0.15) is 18.2 Å². The van der Waals surface area contributed by atoms with Crippen molar-refractivity contribution in [3.8, 4) is 0 Å². The predicted octanol–water partition coefficient (Wildman–Crippen LogP) is 0.501. The van der Waals surface area contributed by atoms with Crippen LogP contribution in [-0.4, -0.2) is 31.6 Å². The van der Waals surface area contributed by atoms with E-state index in [-0.39, 0.29) is 0 Å². The molecule has 0 spiro atoms. The summed E-state index contributed by atoms with van der Waals surface area (Å²) in [5, 5.41) is 3.35. The number of hydrogen-bond acceptors (Lipinski definition) is 3. The molecule has 3 nitrogen and oxygen atoms in total. The van der Waals surface area contributed by atoms with Gasteiger partial charge in [0, 0.05) is 20.0 Å². The van der Waals surface area contributed by atoms with Crippen molar-refractivity contribution in [3.63, 3.8) is 0 Å². The fraction of sp³-hybridized carbons (Fsp3) is 0.750. The Kier molecular flexibility index (Phi) is 1.64. The van der Waals surface area contributed by atoms with Gasteiger partial charge in [-0.1, -0.05) is 0 Å². The highest BCUT2D eigenvalue weighted by Crippen LogP contribution is 2.21. The van der Waals surface area contributed by atoms with Crippen LogP contribution in [0.3, 0.4) is 0 Å². The van der Waals surface area contributed by atoms with E-state index in [9.17, 15) is 0 Å². The largest absolute Gasteiger partial charge is 0.492 e. The number of allylic oxidation sites excluding steroid dienone is 1. The highest BCUT2D eigenvalue weighted by molar-refractivity contribution is 5.10. The number of hydrogen-bond donors (Lipinski definition) is 1. The zero-order chi connectivity index (χ0) is 7.68. The molecule has 0 saturated carbocycles. The predicted molar refractivity (Wildman–Crippen MR) is 42.8 cm³/mol. The summed E-state index contributed by atoms with van der Waals surface area (Å²) in [6.07, 6.45) is 2.32. The van der Waals surface area contributed by atoms with Gasteiger partial charge in [-0.25, -0.2) is 0 Å². The summed E-state index contributed by atoms with van der Waals surface area (Å²) < 4.78 is 5.53. The van der Waals surface area contributed by atoms with Gasteiger partial charge in [-0.15, -0.1) is 0 Å². The molecule has 2 aliphatic rings. The zero-order valence-corrected chi connectivity index (χ0v) is 6.89. The van der Waals surface area contributed by atoms with Crippen LogP contribution in [0, 0.1) is 0 Å². The average molecular weight is 154 g/mol. The lowest BCUT2D eigenvalue weighted by atomic mass is 10.2. The maximum Gasteiger partial charge on any atom is 0.140 e. The SMILES string of the molecule is CN1CCCC2=C1NCCO2. The summed E-state index contributed by atoms with van der Waals surface area (Å²) in [5.41, 5.74) is 0. The van der Waals surface area contributed by atoms with E-state index < -0.39 is 0 Å². The molecule has 0 atom stereocenters. The summed E-state index contributed by atoms with van der Waals surface area (Å²) in [6.45, 7) is 2.92. The van der Waals surface area contributed by atoms with E-state index in [4.69, 9.17) is 4.74 Å². The van der Waals surface area contributed by atoms with Gasteiger partial charge < -0.3 is 15.0 Å². The second kappa shape index (κ2) is 2.64. The van der Waals surface area contributed by atoms with Crippen LogP contribution < -0.4 is 5.32 Å². The molecule has 62 valence electrons. The highest BCUT2D eigenvalue weighted by Gasteiger charge is 2.20. The van der Waals surface area contributed by atoms with Crippen LogP contribution in [-0.2, 0) is 4.74 Å². The second-order valence-corrected chi connectivity index (χ2v) is 3.07. The quantitative estimate of drug-likeness (QED) is 0.550. The van der Waals surface area contributed by atoms with Crippen LogP contribution in [0.1, 0.15) is 12.8 Å². The minimum absolute atomic E-state index is 0.826. The van der Waals surface area contributed by atoms with Crippen LogP contribution in [0.2, 0.25) is 0 Å². The van der Waals surface area contributed by atoms with Gasteiger partial charge in [-0.05, 0) is 6.42 Å². The highest BCUT2D eigenvalue weighted by atomic mass is 16.5. The van der Waals surface area contributed by atoms with E-state index >= 15 is 0 Å². The molecule has 0 aromatic rings. The van der Waals surface area contributed by atoms with Gasteiger partial charge in [0.2, 0.25) is 0 Å². The Bertz CT molecular complexity index is 185. The number of nitrogens with one attached hydrogen (secondary N) is 1. The Morgan fingerprint density at radius 2 is 2.45 bits per heavy atom.